The highest BCUT2D eigenvalue weighted by atomic mass is 35.5. The minimum atomic E-state index is -0.0972. The lowest BCUT2D eigenvalue weighted by Gasteiger charge is -2.18. The molecule has 1 atom stereocenters. The minimum absolute atomic E-state index is 0.0972. The molecule has 2 aromatic rings. The van der Waals surface area contributed by atoms with Crippen molar-refractivity contribution < 1.29 is 4.74 Å². The molecule has 0 spiro atoms. The van der Waals surface area contributed by atoms with Crippen molar-refractivity contribution in [3.63, 3.8) is 0 Å². The van der Waals surface area contributed by atoms with Crippen LogP contribution in [-0.2, 0) is 0 Å². The zero-order chi connectivity index (χ0) is 14.0. The summed E-state index contributed by atoms with van der Waals surface area (Å²) in [6.45, 7) is 6.50. The van der Waals surface area contributed by atoms with Crippen LogP contribution in [0.3, 0.4) is 0 Å². The molecule has 0 saturated carbocycles. The molecule has 0 bridgehead atoms. The third-order valence-corrected chi connectivity index (χ3v) is 4.80. The molecule has 0 aliphatic carbocycles. The van der Waals surface area contributed by atoms with Crippen molar-refractivity contribution in [2.45, 2.75) is 26.9 Å². The SMILES string of the molecule is Cc1ccsc1C(CN)Oc1cc(C)c(Cl)c(C)c1. The van der Waals surface area contributed by atoms with Gasteiger partial charge < -0.3 is 10.5 Å². The van der Waals surface area contributed by atoms with E-state index in [2.05, 4.69) is 18.4 Å². The molecule has 4 heteroatoms. The van der Waals surface area contributed by atoms with E-state index in [9.17, 15) is 0 Å². The van der Waals surface area contributed by atoms with Gasteiger partial charge in [-0.1, -0.05) is 11.6 Å². The van der Waals surface area contributed by atoms with Gasteiger partial charge in [-0.15, -0.1) is 11.3 Å². The Labute approximate surface area is 123 Å². The molecular weight excluding hydrogens is 278 g/mol. The molecule has 19 heavy (non-hydrogen) atoms. The van der Waals surface area contributed by atoms with Gasteiger partial charge in [0, 0.05) is 16.4 Å². The number of nitrogens with two attached hydrogens (primary N) is 1. The quantitative estimate of drug-likeness (QED) is 0.907. The van der Waals surface area contributed by atoms with Gasteiger partial charge >= 0.3 is 0 Å². The normalized spacial score (nSPS) is 12.5. The minimum Gasteiger partial charge on any atom is -0.484 e. The van der Waals surface area contributed by atoms with Crippen LogP contribution in [0.4, 0.5) is 0 Å². The van der Waals surface area contributed by atoms with E-state index in [-0.39, 0.29) is 6.10 Å². The number of thiophene rings is 1. The zero-order valence-electron chi connectivity index (χ0n) is 11.4. The maximum Gasteiger partial charge on any atom is 0.145 e. The molecular formula is C15H18ClNOS. The third-order valence-electron chi connectivity index (χ3n) is 3.10. The lowest BCUT2D eigenvalue weighted by atomic mass is 10.1. The Bertz CT molecular complexity index is 556. The maximum absolute atomic E-state index is 6.17. The van der Waals surface area contributed by atoms with Crippen molar-refractivity contribution in [2.75, 3.05) is 6.54 Å². The van der Waals surface area contributed by atoms with Crippen LogP contribution < -0.4 is 10.5 Å². The van der Waals surface area contributed by atoms with Gasteiger partial charge in [0.1, 0.15) is 11.9 Å². The highest BCUT2D eigenvalue weighted by Gasteiger charge is 2.16. The van der Waals surface area contributed by atoms with Gasteiger partial charge in [0.15, 0.2) is 0 Å². The van der Waals surface area contributed by atoms with Crippen LogP contribution in [0.5, 0.6) is 5.75 Å². The molecule has 2 nitrogen and oxygen atoms in total. The monoisotopic (exact) mass is 295 g/mol. The summed E-state index contributed by atoms with van der Waals surface area (Å²) in [6, 6.07) is 6.01. The Kier molecular flexibility index (Phi) is 4.50. The van der Waals surface area contributed by atoms with Crippen LogP contribution in [-0.4, -0.2) is 6.54 Å². The Morgan fingerprint density at radius 2 is 1.84 bits per heavy atom. The van der Waals surface area contributed by atoms with Crippen molar-refractivity contribution >= 4 is 22.9 Å². The number of hydrogen-bond donors (Lipinski definition) is 1. The molecule has 1 aromatic carbocycles. The van der Waals surface area contributed by atoms with Crippen molar-refractivity contribution in [1.82, 2.24) is 0 Å². The molecule has 1 unspecified atom stereocenters. The molecule has 1 heterocycles. The zero-order valence-corrected chi connectivity index (χ0v) is 12.9. The van der Waals surface area contributed by atoms with Crippen molar-refractivity contribution in [2.24, 2.45) is 5.73 Å². The van der Waals surface area contributed by atoms with E-state index in [0.717, 1.165) is 21.9 Å². The smallest absolute Gasteiger partial charge is 0.145 e. The summed E-state index contributed by atoms with van der Waals surface area (Å²) in [5.41, 5.74) is 9.11. The van der Waals surface area contributed by atoms with Crippen LogP contribution in [0.15, 0.2) is 23.6 Å². The highest BCUT2D eigenvalue weighted by molar-refractivity contribution is 7.10. The summed E-state index contributed by atoms with van der Waals surface area (Å²) < 4.78 is 6.03. The van der Waals surface area contributed by atoms with Gasteiger partial charge in [-0.3, -0.25) is 0 Å². The summed E-state index contributed by atoms with van der Waals surface area (Å²) in [5, 5.41) is 2.86. The molecule has 2 N–H and O–H groups in total. The second kappa shape index (κ2) is 5.95. The number of aryl methyl sites for hydroxylation is 3. The summed E-state index contributed by atoms with van der Waals surface area (Å²) in [7, 11) is 0. The van der Waals surface area contributed by atoms with Crippen molar-refractivity contribution in [3.8, 4) is 5.75 Å². The predicted octanol–water partition coefficient (Wildman–Crippen LogP) is 4.41. The Morgan fingerprint density at radius 1 is 1.21 bits per heavy atom. The van der Waals surface area contributed by atoms with E-state index in [4.69, 9.17) is 22.1 Å². The number of hydrogen-bond acceptors (Lipinski definition) is 3. The van der Waals surface area contributed by atoms with E-state index in [0.29, 0.717) is 6.54 Å². The van der Waals surface area contributed by atoms with Crippen LogP contribution in [0.25, 0.3) is 0 Å². The van der Waals surface area contributed by atoms with Crippen molar-refractivity contribution in [3.05, 3.63) is 50.2 Å². The topological polar surface area (TPSA) is 35.2 Å². The number of ether oxygens (including phenoxy) is 1. The largest absolute Gasteiger partial charge is 0.484 e. The van der Waals surface area contributed by atoms with Crippen molar-refractivity contribution in [1.29, 1.82) is 0 Å². The third kappa shape index (κ3) is 3.11. The van der Waals surface area contributed by atoms with E-state index in [1.54, 1.807) is 11.3 Å². The first-order valence-corrected chi connectivity index (χ1v) is 7.46. The molecule has 2 rings (SSSR count). The first-order valence-electron chi connectivity index (χ1n) is 6.20. The van der Waals surface area contributed by atoms with E-state index >= 15 is 0 Å². The second-order valence-corrected chi connectivity index (χ2v) is 6.01. The first-order chi connectivity index (χ1) is 9.02. The fourth-order valence-corrected chi connectivity index (χ4v) is 3.14. The molecule has 0 radical (unpaired) electrons. The Balaban J connectivity index is 2.27. The number of benzene rings is 1. The molecule has 0 aliphatic heterocycles. The average Bonchev–Trinajstić information content (AvgIpc) is 2.79. The van der Waals surface area contributed by atoms with Crippen LogP contribution in [0, 0.1) is 20.8 Å². The number of halogens is 1. The Hall–Kier alpha value is -1.03. The van der Waals surface area contributed by atoms with Crippen LogP contribution in [0.2, 0.25) is 5.02 Å². The Morgan fingerprint density at radius 3 is 2.32 bits per heavy atom. The second-order valence-electron chi connectivity index (χ2n) is 4.68. The van der Waals surface area contributed by atoms with Gasteiger partial charge in [0.05, 0.1) is 0 Å². The van der Waals surface area contributed by atoms with Crippen LogP contribution >= 0.6 is 22.9 Å². The first kappa shape index (κ1) is 14.4. The van der Waals surface area contributed by atoms with Gasteiger partial charge in [0.2, 0.25) is 0 Å². The van der Waals surface area contributed by atoms with Gasteiger partial charge in [-0.25, -0.2) is 0 Å². The highest BCUT2D eigenvalue weighted by Crippen LogP contribution is 2.31. The molecule has 0 amide bonds. The van der Waals surface area contributed by atoms with Gasteiger partial charge in [0.25, 0.3) is 0 Å². The summed E-state index contributed by atoms with van der Waals surface area (Å²) in [4.78, 5) is 1.19. The molecule has 1 aromatic heterocycles. The predicted molar refractivity (Wildman–Crippen MR) is 82.4 cm³/mol. The van der Waals surface area contributed by atoms with Crippen LogP contribution in [0.1, 0.15) is 27.7 Å². The average molecular weight is 296 g/mol. The van der Waals surface area contributed by atoms with E-state index in [1.807, 2.05) is 26.0 Å². The van der Waals surface area contributed by atoms with E-state index < -0.39 is 0 Å². The standard InChI is InChI=1S/C15H18ClNOS/c1-9-4-5-19-15(9)13(8-17)18-12-6-10(2)14(16)11(3)7-12/h4-7,13H,8,17H2,1-3H3. The van der Waals surface area contributed by atoms with E-state index in [1.165, 1.54) is 10.4 Å². The molecule has 0 saturated heterocycles. The summed E-state index contributed by atoms with van der Waals surface area (Å²) in [5.74, 6) is 0.822. The molecule has 0 aliphatic rings. The lowest BCUT2D eigenvalue weighted by Crippen LogP contribution is -2.18. The summed E-state index contributed by atoms with van der Waals surface area (Å²) in [6.07, 6.45) is -0.0972. The molecule has 102 valence electrons. The fourth-order valence-electron chi connectivity index (χ4n) is 2.06. The maximum atomic E-state index is 6.17. The van der Waals surface area contributed by atoms with Gasteiger partial charge in [-0.2, -0.15) is 0 Å². The number of rotatable bonds is 4. The lowest BCUT2D eigenvalue weighted by molar-refractivity contribution is 0.217. The summed E-state index contributed by atoms with van der Waals surface area (Å²) >= 11 is 7.85. The van der Waals surface area contributed by atoms with Gasteiger partial charge in [-0.05, 0) is 61.0 Å². The molecule has 0 fully saturated rings. The fraction of sp³-hybridized carbons (Fsp3) is 0.333.